The van der Waals surface area contributed by atoms with Crippen LogP contribution in [0.25, 0.3) is 0 Å². The molecule has 0 aliphatic heterocycles. The molecule has 1 aromatic carbocycles. The molecule has 1 atom stereocenters. The minimum atomic E-state index is -0.417. The molecule has 2 N–H and O–H groups in total. The van der Waals surface area contributed by atoms with Crippen LogP contribution in [0.3, 0.4) is 0 Å². The molecule has 0 bridgehead atoms. The molecule has 0 aliphatic rings. The van der Waals surface area contributed by atoms with Crippen molar-refractivity contribution < 1.29 is 4.39 Å². The highest BCUT2D eigenvalue weighted by molar-refractivity contribution is 6.32. The first-order valence-electron chi connectivity index (χ1n) is 4.39. The van der Waals surface area contributed by atoms with Crippen molar-refractivity contribution in [3.05, 3.63) is 46.8 Å². The van der Waals surface area contributed by atoms with E-state index in [4.69, 9.17) is 17.3 Å². The van der Waals surface area contributed by atoms with E-state index in [-0.39, 0.29) is 5.82 Å². The normalized spacial score (nSPS) is 12.6. The summed E-state index contributed by atoms with van der Waals surface area (Å²) in [5, 5.41) is 0.416. The lowest BCUT2D eigenvalue weighted by atomic mass is 10.0. The van der Waals surface area contributed by atoms with Crippen LogP contribution in [0, 0.1) is 12.7 Å². The summed E-state index contributed by atoms with van der Waals surface area (Å²) in [6, 6.07) is 2.61. The van der Waals surface area contributed by atoms with Crippen LogP contribution in [0.2, 0.25) is 5.02 Å². The molecule has 3 heteroatoms. The fourth-order valence-corrected chi connectivity index (χ4v) is 1.61. The summed E-state index contributed by atoms with van der Waals surface area (Å²) < 4.78 is 13.4. The second-order valence-corrected chi connectivity index (χ2v) is 3.60. The van der Waals surface area contributed by atoms with E-state index in [9.17, 15) is 4.39 Å². The summed E-state index contributed by atoms with van der Waals surface area (Å²) >= 11 is 5.97. The average molecular weight is 214 g/mol. The van der Waals surface area contributed by atoms with Crippen LogP contribution in [0.15, 0.2) is 24.8 Å². The number of benzene rings is 1. The summed E-state index contributed by atoms with van der Waals surface area (Å²) in [5.41, 5.74) is 7.00. The van der Waals surface area contributed by atoms with Crippen LogP contribution >= 0.6 is 11.6 Å². The Balaban J connectivity index is 3.17. The predicted octanol–water partition coefficient (Wildman–Crippen LogP) is 3.36. The van der Waals surface area contributed by atoms with Crippen molar-refractivity contribution in [1.82, 2.24) is 0 Å². The third-order valence-electron chi connectivity index (χ3n) is 2.11. The highest BCUT2D eigenvalue weighted by Crippen LogP contribution is 2.29. The summed E-state index contributed by atoms with van der Waals surface area (Å²) in [4.78, 5) is 0. The quantitative estimate of drug-likeness (QED) is 0.766. The van der Waals surface area contributed by atoms with E-state index in [0.717, 1.165) is 5.56 Å². The molecule has 0 saturated carbocycles. The maximum atomic E-state index is 13.4. The van der Waals surface area contributed by atoms with Gasteiger partial charge in [0.05, 0.1) is 5.02 Å². The van der Waals surface area contributed by atoms with Crippen molar-refractivity contribution in [2.75, 3.05) is 0 Å². The van der Waals surface area contributed by atoms with Gasteiger partial charge in [-0.15, -0.1) is 6.58 Å². The molecule has 0 spiro atoms. The first kappa shape index (κ1) is 11.2. The van der Waals surface area contributed by atoms with Crippen LogP contribution in [0.4, 0.5) is 4.39 Å². The number of hydrogen-bond donors (Lipinski definition) is 1. The van der Waals surface area contributed by atoms with Gasteiger partial charge in [-0.05, 0) is 25.0 Å². The van der Waals surface area contributed by atoms with Gasteiger partial charge in [0, 0.05) is 11.6 Å². The molecule has 14 heavy (non-hydrogen) atoms. The molecule has 0 radical (unpaired) electrons. The van der Waals surface area contributed by atoms with Gasteiger partial charge in [0.1, 0.15) is 5.82 Å². The predicted molar refractivity (Wildman–Crippen MR) is 57.9 cm³/mol. The lowest BCUT2D eigenvalue weighted by molar-refractivity contribution is 0.583. The van der Waals surface area contributed by atoms with Gasteiger partial charge in [0.2, 0.25) is 0 Å². The third kappa shape index (κ3) is 2.14. The van der Waals surface area contributed by atoms with E-state index in [1.165, 1.54) is 6.07 Å². The molecule has 0 aromatic heterocycles. The zero-order valence-corrected chi connectivity index (χ0v) is 8.81. The topological polar surface area (TPSA) is 26.0 Å². The van der Waals surface area contributed by atoms with Gasteiger partial charge in [0.15, 0.2) is 0 Å². The van der Waals surface area contributed by atoms with Crippen molar-refractivity contribution in [3.8, 4) is 0 Å². The minimum Gasteiger partial charge on any atom is -0.324 e. The Labute approximate surface area is 88.4 Å². The Bertz CT molecular complexity index is 349. The molecule has 0 heterocycles. The molecule has 0 aliphatic carbocycles. The van der Waals surface area contributed by atoms with E-state index in [1.807, 2.05) is 6.92 Å². The van der Waals surface area contributed by atoms with Crippen LogP contribution in [0.1, 0.15) is 23.6 Å². The second kappa shape index (κ2) is 4.58. The number of hydrogen-bond acceptors (Lipinski definition) is 1. The van der Waals surface area contributed by atoms with Gasteiger partial charge in [-0.3, -0.25) is 0 Å². The molecule has 76 valence electrons. The van der Waals surface area contributed by atoms with Gasteiger partial charge in [-0.1, -0.05) is 23.7 Å². The highest BCUT2D eigenvalue weighted by atomic mass is 35.5. The third-order valence-corrected chi connectivity index (χ3v) is 2.61. The van der Waals surface area contributed by atoms with Gasteiger partial charge in [-0.25, -0.2) is 4.39 Å². The lowest BCUT2D eigenvalue weighted by Crippen LogP contribution is -2.12. The molecule has 0 saturated heterocycles. The van der Waals surface area contributed by atoms with E-state index < -0.39 is 6.04 Å². The maximum absolute atomic E-state index is 13.4. The maximum Gasteiger partial charge on any atom is 0.129 e. The van der Waals surface area contributed by atoms with E-state index in [2.05, 4.69) is 6.58 Å². The summed E-state index contributed by atoms with van der Waals surface area (Å²) in [6.07, 6.45) is 2.17. The smallest absolute Gasteiger partial charge is 0.129 e. The van der Waals surface area contributed by atoms with E-state index in [0.29, 0.717) is 17.0 Å². The molecule has 1 rings (SSSR count). The molecule has 1 nitrogen and oxygen atoms in total. The van der Waals surface area contributed by atoms with Crippen molar-refractivity contribution in [2.45, 2.75) is 19.4 Å². The SMILES string of the molecule is C=CCC(N)c1c(F)ccc(C)c1Cl. The van der Waals surface area contributed by atoms with Crippen LogP contribution in [-0.4, -0.2) is 0 Å². The number of rotatable bonds is 3. The molecular formula is C11H13ClFN. The molecule has 0 amide bonds. The zero-order chi connectivity index (χ0) is 10.7. The van der Waals surface area contributed by atoms with Crippen molar-refractivity contribution in [1.29, 1.82) is 0 Å². The largest absolute Gasteiger partial charge is 0.324 e. The van der Waals surface area contributed by atoms with Gasteiger partial charge in [0.25, 0.3) is 0 Å². The first-order valence-corrected chi connectivity index (χ1v) is 4.76. The average Bonchev–Trinajstić information content (AvgIpc) is 2.13. The monoisotopic (exact) mass is 213 g/mol. The molecule has 0 fully saturated rings. The number of nitrogens with two attached hydrogens (primary N) is 1. The lowest BCUT2D eigenvalue weighted by Gasteiger charge is -2.14. The van der Waals surface area contributed by atoms with E-state index in [1.54, 1.807) is 12.1 Å². The summed E-state index contributed by atoms with van der Waals surface area (Å²) in [5.74, 6) is -0.352. The zero-order valence-electron chi connectivity index (χ0n) is 8.06. The highest BCUT2D eigenvalue weighted by Gasteiger charge is 2.15. The molecule has 1 unspecified atom stereocenters. The van der Waals surface area contributed by atoms with Crippen molar-refractivity contribution in [2.24, 2.45) is 5.73 Å². The van der Waals surface area contributed by atoms with Crippen LogP contribution in [0.5, 0.6) is 0 Å². The Morgan fingerprint density at radius 3 is 2.86 bits per heavy atom. The summed E-state index contributed by atoms with van der Waals surface area (Å²) in [7, 11) is 0. The Kier molecular flexibility index (Phi) is 3.67. The first-order chi connectivity index (χ1) is 6.57. The minimum absolute atomic E-state index is 0.352. The second-order valence-electron chi connectivity index (χ2n) is 3.22. The standard InChI is InChI=1S/C11H13ClFN/c1-3-4-9(14)10-8(13)6-5-7(2)11(10)12/h3,5-6,9H,1,4,14H2,2H3. The molecular weight excluding hydrogens is 201 g/mol. The van der Waals surface area contributed by atoms with Crippen molar-refractivity contribution >= 4 is 11.6 Å². The number of halogens is 2. The Hall–Kier alpha value is -0.860. The van der Waals surface area contributed by atoms with Crippen LogP contribution in [-0.2, 0) is 0 Å². The van der Waals surface area contributed by atoms with Gasteiger partial charge in [-0.2, -0.15) is 0 Å². The number of aryl methyl sites for hydroxylation is 1. The van der Waals surface area contributed by atoms with E-state index >= 15 is 0 Å². The van der Waals surface area contributed by atoms with Crippen molar-refractivity contribution in [3.63, 3.8) is 0 Å². The van der Waals surface area contributed by atoms with Gasteiger partial charge >= 0.3 is 0 Å². The fraction of sp³-hybridized carbons (Fsp3) is 0.273. The van der Waals surface area contributed by atoms with Crippen LogP contribution < -0.4 is 5.73 Å². The fourth-order valence-electron chi connectivity index (χ4n) is 1.32. The molecule has 1 aromatic rings. The Morgan fingerprint density at radius 1 is 1.64 bits per heavy atom. The van der Waals surface area contributed by atoms with Gasteiger partial charge < -0.3 is 5.73 Å². The summed E-state index contributed by atoms with van der Waals surface area (Å²) in [6.45, 7) is 5.39. The Morgan fingerprint density at radius 2 is 2.29 bits per heavy atom.